The summed E-state index contributed by atoms with van der Waals surface area (Å²) in [7, 11) is 3.05. The predicted molar refractivity (Wildman–Crippen MR) is 90.6 cm³/mol. The van der Waals surface area contributed by atoms with Gasteiger partial charge in [-0.05, 0) is 31.4 Å². The molecule has 1 saturated carbocycles. The number of nitrogens with zero attached hydrogens (tertiary/aromatic N) is 1. The van der Waals surface area contributed by atoms with Crippen molar-refractivity contribution in [3.05, 3.63) is 23.8 Å². The summed E-state index contributed by atoms with van der Waals surface area (Å²) >= 11 is 0. The van der Waals surface area contributed by atoms with Crippen LogP contribution < -0.4 is 9.47 Å². The maximum atomic E-state index is 13.0. The Hall–Kier alpha value is -2.04. The molecule has 0 N–H and O–H groups in total. The molecule has 24 heavy (non-hydrogen) atoms. The molecule has 1 heterocycles. The van der Waals surface area contributed by atoms with Gasteiger partial charge >= 0.3 is 0 Å². The van der Waals surface area contributed by atoms with E-state index in [1.807, 2.05) is 4.90 Å². The largest absolute Gasteiger partial charge is 0.496 e. The second kappa shape index (κ2) is 7.24. The van der Waals surface area contributed by atoms with Crippen LogP contribution in [0.2, 0.25) is 0 Å². The molecule has 1 aromatic rings. The van der Waals surface area contributed by atoms with E-state index in [1.165, 1.54) is 33.5 Å². The highest BCUT2D eigenvalue weighted by molar-refractivity contribution is 6.13. The topological polar surface area (TPSA) is 55.8 Å². The summed E-state index contributed by atoms with van der Waals surface area (Å²) in [6.07, 6.45) is 6.30. The third-order valence-corrected chi connectivity index (χ3v) is 5.25. The van der Waals surface area contributed by atoms with Gasteiger partial charge < -0.3 is 14.4 Å². The standard InChI is InChI=1S/C19H25NO4/c1-23-15-9-6-10-16(24-2)17(15)18(21)14-11-12-20(19(14)22)13-7-4-3-5-8-13/h6,9-10,13-14H,3-5,7-8,11-12H2,1-2H3. The van der Waals surface area contributed by atoms with Crippen molar-refractivity contribution >= 4 is 11.7 Å². The minimum absolute atomic E-state index is 0.0279. The minimum atomic E-state index is -0.614. The van der Waals surface area contributed by atoms with Gasteiger partial charge in [0, 0.05) is 12.6 Å². The Morgan fingerprint density at radius 1 is 1.04 bits per heavy atom. The van der Waals surface area contributed by atoms with Crippen LogP contribution in [-0.4, -0.2) is 43.4 Å². The van der Waals surface area contributed by atoms with Gasteiger partial charge in [0.15, 0.2) is 5.78 Å². The smallest absolute Gasteiger partial charge is 0.233 e. The summed E-state index contributed by atoms with van der Waals surface area (Å²) in [6.45, 7) is 0.678. The van der Waals surface area contributed by atoms with Crippen molar-refractivity contribution in [1.29, 1.82) is 0 Å². The van der Waals surface area contributed by atoms with Gasteiger partial charge in [-0.1, -0.05) is 25.3 Å². The Morgan fingerprint density at radius 3 is 2.25 bits per heavy atom. The molecule has 1 amide bonds. The van der Waals surface area contributed by atoms with Crippen LogP contribution in [0.4, 0.5) is 0 Å². The minimum Gasteiger partial charge on any atom is -0.496 e. The van der Waals surface area contributed by atoms with Crippen molar-refractivity contribution in [2.24, 2.45) is 5.92 Å². The summed E-state index contributed by atoms with van der Waals surface area (Å²) in [5.41, 5.74) is 0.381. The zero-order valence-corrected chi connectivity index (χ0v) is 14.4. The number of benzene rings is 1. The molecule has 3 rings (SSSR count). The monoisotopic (exact) mass is 331 g/mol. The molecular formula is C19H25NO4. The maximum Gasteiger partial charge on any atom is 0.233 e. The molecule has 5 heteroatoms. The van der Waals surface area contributed by atoms with E-state index in [9.17, 15) is 9.59 Å². The zero-order chi connectivity index (χ0) is 17.1. The number of carbonyl (C=O) groups is 2. The number of hydrogen-bond acceptors (Lipinski definition) is 4. The first-order chi connectivity index (χ1) is 11.7. The van der Waals surface area contributed by atoms with E-state index in [0.29, 0.717) is 36.1 Å². The average molecular weight is 331 g/mol. The summed E-state index contributed by atoms with van der Waals surface area (Å²) in [5, 5.41) is 0. The molecule has 1 aliphatic heterocycles. The highest BCUT2D eigenvalue weighted by atomic mass is 16.5. The molecular weight excluding hydrogens is 306 g/mol. The first-order valence-corrected chi connectivity index (χ1v) is 8.73. The third kappa shape index (κ3) is 2.99. The quantitative estimate of drug-likeness (QED) is 0.615. The zero-order valence-electron chi connectivity index (χ0n) is 14.4. The number of rotatable bonds is 5. The van der Waals surface area contributed by atoms with Crippen molar-refractivity contribution in [1.82, 2.24) is 4.90 Å². The van der Waals surface area contributed by atoms with E-state index in [2.05, 4.69) is 0 Å². The Bertz CT molecular complexity index is 600. The van der Waals surface area contributed by atoms with Gasteiger partial charge in [0.1, 0.15) is 23.0 Å². The van der Waals surface area contributed by atoms with Crippen LogP contribution in [0.1, 0.15) is 48.9 Å². The van der Waals surface area contributed by atoms with Crippen LogP contribution in [-0.2, 0) is 4.79 Å². The second-order valence-electron chi connectivity index (χ2n) is 6.57. The number of amides is 1. The lowest BCUT2D eigenvalue weighted by Gasteiger charge is -2.31. The average Bonchev–Trinajstić information content (AvgIpc) is 3.02. The summed E-state index contributed by atoms with van der Waals surface area (Å²) in [5.74, 6) is 0.0936. The lowest BCUT2D eigenvalue weighted by atomic mass is 9.93. The number of hydrogen-bond donors (Lipinski definition) is 0. The van der Waals surface area contributed by atoms with Gasteiger partial charge in [-0.15, -0.1) is 0 Å². The van der Waals surface area contributed by atoms with E-state index in [1.54, 1.807) is 18.2 Å². The second-order valence-corrected chi connectivity index (χ2v) is 6.57. The number of ether oxygens (including phenoxy) is 2. The van der Waals surface area contributed by atoms with Crippen molar-refractivity contribution in [2.75, 3.05) is 20.8 Å². The highest BCUT2D eigenvalue weighted by Crippen LogP contribution is 2.35. The molecule has 2 fully saturated rings. The molecule has 130 valence electrons. The van der Waals surface area contributed by atoms with Crippen molar-refractivity contribution in [2.45, 2.75) is 44.6 Å². The first kappa shape index (κ1) is 16.8. The van der Waals surface area contributed by atoms with E-state index < -0.39 is 5.92 Å². The molecule has 5 nitrogen and oxygen atoms in total. The Kier molecular flexibility index (Phi) is 5.07. The van der Waals surface area contributed by atoms with Crippen molar-refractivity contribution in [3.8, 4) is 11.5 Å². The third-order valence-electron chi connectivity index (χ3n) is 5.25. The predicted octanol–water partition coefficient (Wildman–Crippen LogP) is 3.07. The van der Waals surface area contributed by atoms with E-state index in [-0.39, 0.29) is 11.7 Å². The Labute approximate surface area is 142 Å². The first-order valence-electron chi connectivity index (χ1n) is 8.73. The van der Waals surface area contributed by atoms with Crippen LogP contribution in [0.25, 0.3) is 0 Å². The van der Waals surface area contributed by atoms with Gasteiger partial charge in [0.05, 0.1) is 14.2 Å². The molecule has 1 unspecified atom stereocenters. The SMILES string of the molecule is COc1cccc(OC)c1C(=O)C1CCN(C2CCCCC2)C1=O. The molecule has 1 atom stereocenters. The number of methoxy groups -OCH3 is 2. The van der Waals surface area contributed by atoms with Crippen LogP contribution in [0.5, 0.6) is 11.5 Å². The van der Waals surface area contributed by atoms with Crippen LogP contribution in [0.15, 0.2) is 18.2 Å². The molecule has 1 aliphatic carbocycles. The van der Waals surface area contributed by atoms with Crippen molar-refractivity contribution in [3.63, 3.8) is 0 Å². The number of Topliss-reactive ketones (excluding diaryl/α,β-unsaturated/α-hetero) is 1. The number of likely N-dealkylation sites (tertiary alicyclic amines) is 1. The fourth-order valence-electron chi connectivity index (χ4n) is 3.97. The molecule has 2 aliphatic rings. The fraction of sp³-hybridized carbons (Fsp3) is 0.579. The van der Waals surface area contributed by atoms with Gasteiger partial charge in [-0.2, -0.15) is 0 Å². The molecule has 0 bridgehead atoms. The van der Waals surface area contributed by atoms with Crippen molar-refractivity contribution < 1.29 is 19.1 Å². The molecule has 1 aromatic carbocycles. The number of ketones is 1. The fourth-order valence-corrected chi connectivity index (χ4v) is 3.97. The summed E-state index contributed by atoms with van der Waals surface area (Å²) in [6, 6.07) is 5.55. The maximum absolute atomic E-state index is 13.0. The van der Waals surface area contributed by atoms with Gasteiger partial charge in [0.2, 0.25) is 5.91 Å². The molecule has 1 saturated heterocycles. The molecule has 0 spiro atoms. The van der Waals surface area contributed by atoms with E-state index >= 15 is 0 Å². The summed E-state index contributed by atoms with van der Waals surface area (Å²) < 4.78 is 10.6. The van der Waals surface area contributed by atoms with Crippen LogP contribution in [0.3, 0.4) is 0 Å². The normalized spacial score (nSPS) is 21.8. The van der Waals surface area contributed by atoms with Gasteiger partial charge in [-0.3, -0.25) is 9.59 Å². The van der Waals surface area contributed by atoms with E-state index in [4.69, 9.17) is 9.47 Å². The lowest BCUT2D eigenvalue weighted by molar-refractivity contribution is -0.132. The van der Waals surface area contributed by atoms with Gasteiger partial charge in [-0.25, -0.2) is 0 Å². The summed E-state index contributed by atoms with van der Waals surface area (Å²) in [4.78, 5) is 27.8. The molecule has 0 aromatic heterocycles. The van der Waals surface area contributed by atoms with Gasteiger partial charge in [0.25, 0.3) is 0 Å². The molecule has 0 radical (unpaired) electrons. The Morgan fingerprint density at radius 2 is 1.67 bits per heavy atom. The lowest BCUT2D eigenvalue weighted by Crippen LogP contribution is -2.40. The number of carbonyl (C=O) groups excluding carboxylic acids is 2. The van der Waals surface area contributed by atoms with Crippen LogP contribution in [0, 0.1) is 5.92 Å². The van der Waals surface area contributed by atoms with E-state index in [0.717, 1.165) is 12.8 Å². The highest BCUT2D eigenvalue weighted by Gasteiger charge is 2.41. The Balaban J connectivity index is 1.82. The van der Waals surface area contributed by atoms with Crippen LogP contribution >= 0.6 is 0 Å².